The molecule has 2 aromatic carbocycles. The third kappa shape index (κ3) is 4.57. The van der Waals surface area contributed by atoms with Gasteiger partial charge < -0.3 is 14.8 Å². The topological polar surface area (TPSA) is 80.8 Å². The van der Waals surface area contributed by atoms with Gasteiger partial charge in [0.05, 0.1) is 37.2 Å². The molecule has 1 aliphatic heterocycles. The van der Waals surface area contributed by atoms with Gasteiger partial charge in [0, 0.05) is 6.20 Å². The zero-order valence-electron chi connectivity index (χ0n) is 18.8. The summed E-state index contributed by atoms with van der Waals surface area (Å²) in [5.74, 6) is 0.462. The average Bonchev–Trinajstić information content (AvgIpc) is 3.05. The number of nitrogens with zero attached hydrogens (tertiary/aromatic N) is 2. The second-order valence-electron chi connectivity index (χ2n) is 7.55. The van der Waals surface area contributed by atoms with Crippen molar-refractivity contribution in [2.75, 3.05) is 19.0 Å². The molecule has 0 spiro atoms. The number of imide groups is 1. The largest absolute Gasteiger partial charge is 0.495 e. The molecule has 1 N–H and O–H groups in total. The molecular formula is C26H25N3O4. The van der Waals surface area contributed by atoms with Gasteiger partial charge in [-0.2, -0.15) is 0 Å². The SMILES string of the molecule is CCOc1ccc(C2=C(Nc3cc(C)ccc3OC)C(=O)N(Cc3ccccn3)C2=O)cc1. The molecule has 2 heterocycles. The third-order valence-electron chi connectivity index (χ3n) is 5.28. The molecular weight excluding hydrogens is 418 g/mol. The van der Waals surface area contributed by atoms with Gasteiger partial charge in [-0.3, -0.25) is 19.5 Å². The van der Waals surface area contributed by atoms with Crippen molar-refractivity contribution in [3.05, 3.63) is 89.4 Å². The van der Waals surface area contributed by atoms with Gasteiger partial charge >= 0.3 is 0 Å². The Morgan fingerprint density at radius 2 is 1.79 bits per heavy atom. The molecule has 168 valence electrons. The van der Waals surface area contributed by atoms with Crippen molar-refractivity contribution >= 4 is 23.1 Å². The van der Waals surface area contributed by atoms with Gasteiger partial charge in [0.1, 0.15) is 17.2 Å². The predicted molar refractivity (Wildman–Crippen MR) is 126 cm³/mol. The predicted octanol–water partition coefficient (Wildman–Crippen LogP) is 4.19. The van der Waals surface area contributed by atoms with Crippen LogP contribution in [0.2, 0.25) is 0 Å². The van der Waals surface area contributed by atoms with Crippen LogP contribution >= 0.6 is 0 Å². The van der Waals surface area contributed by atoms with E-state index in [0.717, 1.165) is 5.56 Å². The van der Waals surface area contributed by atoms with Crippen LogP contribution in [0.25, 0.3) is 5.57 Å². The number of carbonyl (C=O) groups is 2. The van der Waals surface area contributed by atoms with Crippen molar-refractivity contribution in [2.24, 2.45) is 0 Å². The summed E-state index contributed by atoms with van der Waals surface area (Å²) >= 11 is 0. The summed E-state index contributed by atoms with van der Waals surface area (Å²) in [4.78, 5) is 32.4. The van der Waals surface area contributed by atoms with Crippen molar-refractivity contribution in [1.29, 1.82) is 0 Å². The maximum absolute atomic E-state index is 13.5. The summed E-state index contributed by atoms with van der Waals surface area (Å²) < 4.78 is 11.0. The monoisotopic (exact) mass is 443 g/mol. The average molecular weight is 444 g/mol. The molecule has 3 aromatic rings. The lowest BCUT2D eigenvalue weighted by molar-refractivity contribution is -0.137. The van der Waals surface area contributed by atoms with Gasteiger partial charge in [0.15, 0.2) is 0 Å². The van der Waals surface area contributed by atoms with Gasteiger partial charge in [0.2, 0.25) is 0 Å². The summed E-state index contributed by atoms with van der Waals surface area (Å²) in [6.45, 7) is 4.47. The number of rotatable bonds is 8. The number of carbonyl (C=O) groups excluding carboxylic acids is 2. The molecule has 7 nitrogen and oxygen atoms in total. The Labute approximate surface area is 192 Å². The van der Waals surface area contributed by atoms with Gasteiger partial charge in [-0.15, -0.1) is 0 Å². The number of amides is 2. The highest BCUT2D eigenvalue weighted by molar-refractivity contribution is 6.36. The molecule has 2 amide bonds. The van der Waals surface area contributed by atoms with Crippen LogP contribution in [-0.4, -0.2) is 35.4 Å². The van der Waals surface area contributed by atoms with Crippen LogP contribution < -0.4 is 14.8 Å². The number of hydrogen-bond acceptors (Lipinski definition) is 6. The van der Waals surface area contributed by atoms with Crippen LogP contribution in [0.5, 0.6) is 11.5 Å². The summed E-state index contributed by atoms with van der Waals surface area (Å²) in [5.41, 5.74) is 3.33. The van der Waals surface area contributed by atoms with E-state index in [4.69, 9.17) is 9.47 Å². The van der Waals surface area contributed by atoms with E-state index in [1.54, 1.807) is 49.7 Å². The summed E-state index contributed by atoms with van der Waals surface area (Å²) in [5, 5.41) is 3.18. The van der Waals surface area contributed by atoms with Gasteiger partial charge in [-0.05, 0) is 61.4 Å². The second-order valence-corrected chi connectivity index (χ2v) is 7.55. The fourth-order valence-corrected chi connectivity index (χ4v) is 3.70. The van der Waals surface area contributed by atoms with Crippen molar-refractivity contribution in [2.45, 2.75) is 20.4 Å². The molecule has 0 atom stereocenters. The maximum Gasteiger partial charge on any atom is 0.278 e. The van der Waals surface area contributed by atoms with Gasteiger partial charge in [-0.25, -0.2) is 0 Å². The smallest absolute Gasteiger partial charge is 0.278 e. The molecule has 0 bridgehead atoms. The first kappa shape index (κ1) is 22.1. The number of anilines is 1. The molecule has 4 rings (SSSR count). The number of hydrogen-bond donors (Lipinski definition) is 1. The Morgan fingerprint density at radius 3 is 2.45 bits per heavy atom. The van der Waals surface area contributed by atoms with Gasteiger partial charge in [-0.1, -0.05) is 24.3 Å². The van der Waals surface area contributed by atoms with Gasteiger partial charge in [0.25, 0.3) is 11.8 Å². The summed E-state index contributed by atoms with van der Waals surface area (Å²) in [7, 11) is 1.56. The molecule has 1 aromatic heterocycles. The molecule has 0 saturated carbocycles. The van der Waals surface area contributed by atoms with Crippen LogP contribution in [0, 0.1) is 6.92 Å². The minimum atomic E-state index is -0.418. The molecule has 1 aliphatic rings. The lowest BCUT2D eigenvalue weighted by Gasteiger charge is -2.15. The van der Waals surface area contributed by atoms with Crippen LogP contribution in [0.1, 0.15) is 23.7 Å². The Hall–Kier alpha value is -4.13. The molecule has 0 unspecified atom stereocenters. The van der Waals surface area contributed by atoms with Crippen molar-refractivity contribution in [3.8, 4) is 11.5 Å². The standard InChI is InChI=1S/C26H25N3O4/c1-4-33-20-11-9-18(10-12-20)23-24(28-21-15-17(2)8-13-22(21)32-3)26(31)29(25(23)30)16-19-7-5-6-14-27-19/h5-15,28H,4,16H2,1-3H3. The van der Waals surface area contributed by atoms with Crippen LogP contribution in [-0.2, 0) is 16.1 Å². The minimum absolute atomic E-state index is 0.0785. The zero-order chi connectivity index (χ0) is 23.4. The molecule has 0 radical (unpaired) electrons. The summed E-state index contributed by atoms with van der Waals surface area (Å²) in [6, 6.07) is 18.2. The zero-order valence-corrected chi connectivity index (χ0v) is 18.8. The lowest BCUT2D eigenvalue weighted by Crippen LogP contribution is -2.32. The normalized spacial score (nSPS) is 13.5. The van der Waals surface area contributed by atoms with E-state index < -0.39 is 5.91 Å². The maximum atomic E-state index is 13.5. The number of aryl methyl sites for hydroxylation is 1. The lowest BCUT2D eigenvalue weighted by atomic mass is 10.0. The number of ether oxygens (including phenoxy) is 2. The summed E-state index contributed by atoms with van der Waals surface area (Å²) in [6.07, 6.45) is 1.64. The fraction of sp³-hybridized carbons (Fsp3) is 0.192. The van der Waals surface area contributed by atoms with Crippen molar-refractivity contribution in [1.82, 2.24) is 9.88 Å². The van der Waals surface area contributed by atoms with Crippen LogP contribution in [0.15, 0.2) is 72.6 Å². The van der Waals surface area contributed by atoms with E-state index in [1.165, 1.54) is 4.90 Å². The van der Waals surface area contributed by atoms with Crippen LogP contribution in [0.4, 0.5) is 5.69 Å². The van der Waals surface area contributed by atoms with E-state index in [0.29, 0.717) is 40.6 Å². The van der Waals surface area contributed by atoms with Crippen LogP contribution in [0.3, 0.4) is 0 Å². The highest BCUT2D eigenvalue weighted by Gasteiger charge is 2.39. The fourth-order valence-electron chi connectivity index (χ4n) is 3.70. The molecule has 0 aliphatic carbocycles. The highest BCUT2D eigenvalue weighted by atomic mass is 16.5. The van der Waals surface area contributed by atoms with Crippen molar-refractivity contribution < 1.29 is 19.1 Å². The highest BCUT2D eigenvalue weighted by Crippen LogP contribution is 2.34. The molecule has 33 heavy (non-hydrogen) atoms. The Morgan fingerprint density at radius 1 is 1.00 bits per heavy atom. The Bertz CT molecular complexity index is 1200. The van der Waals surface area contributed by atoms with E-state index in [9.17, 15) is 9.59 Å². The number of methoxy groups -OCH3 is 1. The van der Waals surface area contributed by atoms with E-state index in [1.807, 2.05) is 38.1 Å². The van der Waals surface area contributed by atoms with E-state index in [2.05, 4.69) is 10.3 Å². The molecule has 7 heteroatoms. The number of nitrogens with one attached hydrogen (secondary N) is 1. The number of pyridine rings is 1. The number of aromatic nitrogens is 1. The first-order valence-corrected chi connectivity index (χ1v) is 10.7. The van der Waals surface area contributed by atoms with Crippen molar-refractivity contribution in [3.63, 3.8) is 0 Å². The molecule has 0 saturated heterocycles. The first-order chi connectivity index (χ1) is 16.0. The Balaban J connectivity index is 1.76. The quantitative estimate of drug-likeness (QED) is 0.526. The van der Waals surface area contributed by atoms with E-state index >= 15 is 0 Å². The first-order valence-electron chi connectivity index (χ1n) is 10.7. The second kappa shape index (κ2) is 9.56. The third-order valence-corrected chi connectivity index (χ3v) is 5.28. The number of benzene rings is 2. The minimum Gasteiger partial charge on any atom is -0.495 e. The Kier molecular flexibility index (Phi) is 6.40. The van der Waals surface area contributed by atoms with E-state index in [-0.39, 0.29) is 18.1 Å². The molecule has 0 fully saturated rings.